The van der Waals surface area contributed by atoms with E-state index >= 15 is 0 Å². The Kier molecular flexibility index (Phi) is 3.97. The van der Waals surface area contributed by atoms with Crippen molar-refractivity contribution in [2.75, 3.05) is 19.8 Å². The van der Waals surface area contributed by atoms with Gasteiger partial charge in [0.15, 0.2) is 0 Å². The molecule has 0 amide bonds. The van der Waals surface area contributed by atoms with E-state index in [1.165, 1.54) is 0 Å². The van der Waals surface area contributed by atoms with Gasteiger partial charge >= 0.3 is 0 Å². The number of nitrogens with two attached hydrogens (primary N) is 1. The third-order valence-electron chi connectivity index (χ3n) is 2.23. The van der Waals surface area contributed by atoms with Crippen molar-refractivity contribution in [2.45, 2.75) is 26.8 Å². The molecule has 80 valence electrons. The van der Waals surface area contributed by atoms with Gasteiger partial charge in [0.05, 0.1) is 0 Å². The lowest BCUT2D eigenvalue weighted by molar-refractivity contribution is 0.284. The number of likely N-dealkylation sites (N-methyl/N-ethyl adjacent to an activating group) is 1. The van der Waals surface area contributed by atoms with Crippen molar-refractivity contribution in [1.29, 1.82) is 0 Å². The highest BCUT2D eigenvalue weighted by Gasteiger charge is 2.23. The predicted octanol–water partition coefficient (Wildman–Crippen LogP) is 0.553. The molecule has 0 saturated heterocycles. The molecule has 13 heavy (non-hydrogen) atoms. The van der Waals surface area contributed by atoms with Crippen molar-refractivity contribution >= 4 is 15.6 Å². The van der Waals surface area contributed by atoms with Crippen LogP contribution in [0, 0.1) is 5.41 Å². The lowest BCUT2D eigenvalue weighted by Gasteiger charge is -2.31. The summed E-state index contributed by atoms with van der Waals surface area (Å²) < 4.78 is 13.2. The van der Waals surface area contributed by atoms with Crippen molar-refractivity contribution in [3.8, 4) is 0 Å². The highest BCUT2D eigenvalue weighted by atomic mass is 32.2. The molecular weight excluding hydrogens is 184 g/mol. The van der Waals surface area contributed by atoms with Gasteiger partial charge in [0.2, 0.25) is 0 Å². The lowest BCUT2D eigenvalue weighted by Crippen LogP contribution is -2.45. The minimum absolute atomic E-state index is 0.0139. The van der Waals surface area contributed by atoms with Crippen LogP contribution in [0.1, 0.15) is 20.8 Å². The normalized spacial score (nSPS) is 19.9. The third kappa shape index (κ3) is 4.64. The first kappa shape index (κ1) is 12.9. The van der Waals surface area contributed by atoms with Crippen molar-refractivity contribution in [3.63, 3.8) is 0 Å². The van der Waals surface area contributed by atoms with Gasteiger partial charge in [-0.3, -0.25) is 4.21 Å². The van der Waals surface area contributed by atoms with E-state index in [-0.39, 0.29) is 11.5 Å². The maximum absolute atomic E-state index is 11.5. The van der Waals surface area contributed by atoms with Gasteiger partial charge in [-0.2, -0.15) is 0 Å². The molecule has 0 bridgehead atoms. The van der Waals surface area contributed by atoms with Crippen molar-refractivity contribution < 1.29 is 4.21 Å². The van der Waals surface area contributed by atoms with Gasteiger partial charge in [-0.05, 0) is 18.3 Å². The summed E-state index contributed by atoms with van der Waals surface area (Å²) in [5.74, 6) is 3.60. The molecule has 0 aromatic heterocycles. The first-order chi connectivity index (χ1) is 5.55. The van der Waals surface area contributed by atoms with Crippen LogP contribution in [0.15, 0.2) is 0 Å². The zero-order valence-corrected chi connectivity index (χ0v) is 10.1. The van der Waals surface area contributed by atoms with E-state index in [2.05, 4.69) is 26.6 Å². The molecule has 0 saturated carbocycles. The molecule has 0 aromatic rings. The van der Waals surface area contributed by atoms with Crippen LogP contribution < -0.4 is 5.73 Å². The third-order valence-corrected chi connectivity index (χ3v) is 3.69. The van der Waals surface area contributed by atoms with Gasteiger partial charge in [-0.25, -0.2) is 4.31 Å². The summed E-state index contributed by atoms with van der Waals surface area (Å²) in [7, 11) is -0.312. The Bertz CT molecular complexity index is 251. The quantitative estimate of drug-likeness (QED) is 0.686. The van der Waals surface area contributed by atoms with Gasteiger partial charge in [0.25, 0.3) is 0 Å². The van der Waals surface area contributed by atoms with E-state index < -0.39 is 9.71 Å². The number of nitrogens with zero attached hydrogens (tertiary/aromatic N) is 1. The SMILES string of the molecule is C=S(C)(=O)N(C)C[C@@H](N)C(C)(C)C. The Morgan fingerprint density at radius 2 is 1.92 bits per heavy atom. The van der Waals surface area contributed by atoms with Gasteiger partial charge in [0.1, 0.15) is 0 Å². The topological polar surface area (TPSA) is 46.3 Å². The summed E-state index contributed by atoms with van der Waals surface area (Å²) in [6.45, 7) is 6.84. The first-order valence-corrected chi connectivity index (χ1v) is 6.43. The fourth-order valence-corrected chi connectivity index (χ4v) is 1.18. The Hall–Kier alpha value is -0.0600. The summed E-state index contributed by atoms with van der Waals surface area (Å²) >= 11 is 0. The zero-order valence-electron chi connectivity index (χ0n) is 9.33. The second-order valence-electron chi connectivity index (χ2n) is 4.74. The Morgan fingerprint density at radius 1 is 1.54 bits per heavy atom. The molecule has 4 heteroatoms. The van der Waals surface area contributed by atoms with E-state index in [4.69, 9.17) is 5.73 Å². The summed E-state index contributed by atoms with van der Waals surface area (Å²) in [5, 5.41) is 0. The monoisotopic (exact) mass is 206 g/mol. The zero-order chi connectivity index (χ0) is 10.9. The van der Waals surface area contributed by atoms with E-state index in [0.29, 0.717) is 6.54 Å². The lowest BCUT2D eigenvalue weighted by atomic mass is 9.87. The molecule has 0 aromatic carbocycles. The van der Waals surface area contributed by atoms with Gasteiger partial charge < -0.3 is 5.73 Å². The van der Waals surface area contributed by atoms with Crippen molar-refractivity contribution in [2.24, 2.45) is 11.1 Å². The summed E-state index contributed by atoms with van der Waals surface area (Å²) in [6.07, 6.45) is 1.63. The molecular formula is C9H22N2OS. The minimum atomic E-state index is -2.10. The van der Waals surface area contributed by atoms with Crippen LogP contribution in [0.2, 0.25) is 0 Å². The van der Waals surface area contributed by atoms with E-state index in [1.807, 2.05) is 0 Å². The van der Waals surface area contributed by atoms with E-state index in [1.54, 1.807) is 17.6 Å². The smallest absolute Gasteiger partial charge is 0.0260 e. The molecule has 0 radical (unpaired) electrons. The number of rotatable bonds is 3. The molecule has 1 unspecified atom stereocenters. The fourth-order valence-electron chi connectivity index (χ4n) is 0.709. The van der Waals surface area contributed by atoms with Crippen LogP contribution in [-0.4, -0.2) is 40.3 Å². The fraction of sp³-hybridized carbons (Fsp3) is 0.889. The number of hydrogen-bond donors (Lipinski definition) is 1. The molecule has 0 heterocycles. The Morgan fingerprint density at radius 3 is 2.15 bits per heavy atom. The van der Waals surface area contributed by atoms with Crippen molar-refractivity contribution in [1.82, 2.24) is 4.31 Å². The largest absolute Gasteiger partial charge is 0.326 e. The maximum atomic E-state index is 11.5. The predicted molar refractivity (Wildman–Crippen MR) is 61.2 cm³/mol. The molecule has 0 aliphatic heterocycles. The Balaban J connectivity index is 4.32. The standard InChI is InChI=1S/C9H22N2OS/c1-9(2,3)8(10)7-11(4)13(5,6)12/h8H,5,7,10H2,1-4,6H3/t8-,13?/m1/s1. The van der Waals surface area contributed by atoms with Gasteiger partial charge in [-0.15, -0.1) is 0 Å². The molecule has 0 spiro atoms. The number of hydrogen-bond acceptors (Lipinski definition) is 2. The first-order valence-electron chi connectivity index (χ1n) is 4.34. The van der Waals surface area contributed by atoms with Crippen LogP contribution in [0.25, 0.3) is 0 Å². The van der Waals surface area contributed by atoms with Gasteiger partial charge in [0, 0.05) is 28.6 Å². The molecule has 0 aliphatic carbocycles. The highest BCUT2D eigenvalue weighted by Crippen LogP contribution is 2.18. The van der Waals surface area contributed by atoms with E-state index in [9.17, 15) is 4.21 Å². The summed E-state index contributed by atoms with van der Waals surface area (Å²) in [6, 6.07) is 0.0139. The average Bonchev–Trinajstić information content (AvgIpc) is 1.82. The molecule has 0 fully saturated rings. The van der Waals surface area contributed by atoms with Crippen LogP contribution in [-0.2, 0) is 9.71 Å². The maximum Gasteiger partial charge on any atom is 0.0260 e. The second kappa shape index (κ2) is 3.98. The Labute approximate surface area is 82.4 Å². The van der Waals surface area contributed by atoms with Crippen LogP contribution >= 0.6 is 0 Å². The summed E-state index contributed by atoms with van der Waals surface area (Å²) in [4.78, 5) is 0. The van der Waals surface area contributed by atoms with Gasteiger partial charge in [-0.1, -0.05) is 20.8 Å². The van der Waals surface area contributed by atoms with Crippen LogP contribution in [0.5, 0.6) is 0 Å². The summed E-state index contributed by atoms with van der Waals surface area (Å²) in [5.41, 5.74) is 5.99. The minimum Gasteiger partial charge on any atom is -0.326 e. The molecule has 0 aliphatic rings. The average molecular weight is 206 g/mol. The second-order valence-corrected chi connectivity index (χ2v) is 7.28. The molecule has 2 N–H and O–H groups in total. The molecule has 2 atom stereocenters. The van der Waals surface area contributed by atoms with E-state index in [0.717, 1.165) is 0 Å². The molecule has 3 nitrogen and oxygen atoms in total. The van der Waals surface area contributed by atoms with Crippen LogP contribution in [0.4, 0.5) is 0 Å². The molecule has 0 rings (SSSR count). The highest BCUT2D eigenvalue weighted by molar-refractivity contribution is 7.97. The van der Waals surface area contributed by atoms with Crippen LogP contribution in [0.3, 0.4) is 0 Å². The van der Waals surface area contributed by atoms with Crippen molar-refractivity contribution in [3.05, 3.63) is 0 Å².